The maximum atomic E-state index is 12.4. The second-order valence-electron chi connectivity index (χ2n) is 6.81. The third kappa shape index (κ3) is 5.57. The lowest BCUT2D eigenvalue weighted by atomic mass is 10.2. The molecule has 1 saturated carbocycles. The number of hydrogen-bond acceptors (Lipinski definition) is 5. The Labute approximate surface area is 169 Å². The lowest BCUT2D eigenvalue weighted by Gasteiger charge is -2.15. The minimum atomic E-state index is -0.994. The third-order valence-corrected chi connectivity index (χ3v) is 4.43. The fourth-order valence-corrected chi connectivity index (χ4v) is 2.65. The zero-order chi connectivity index (χ0) is 20.8. The first-order chi connectivity index (χ1) is 14.0. The highest BCUT2D eigenvalue weighted by atomic mass is 16.5. The number of anilines is 2. The number of amides is 2. The number of esters is 1. The number of para-hydroxylation sites is 2. The molecular weight excluding hydrogens is 372 g/mol. The van der Waals surface area contributed by atoms with Gasteiger partial charge in [0, 0.05) is 11.6 Å². The van der Waals surface area contributed by atoms with Crippen molar-refractivity contribution >= 4 is 29.2 Å². The molecule has 0 spiro atoms. The van der Waals surface area contributed by atoms with Gasteiger partial charge >= 0.3 is 5.97 Å². The van der Waals surface area contributed by atoms with Crippen LogP contribution in [0, 0.1) is 5.92 Å². The number of rotatable bonds is 8. The van der Waals surface area contributed by atoms with Crippen molar-refractivity contribution in [3.63, 3.8) is 0 Å². The van der Waals surface area contributed by atoms with E-state index < -0.39 is 18.0 Å². The van der Waals surface area contributed by atoms with E-state index in [2.05, 4.69) is 10.6 Å². The molecule has 0 bridgehead atoms. The van der Waals surface area contributed by atoms with Crippen molar-refractivity contribution in [1.82, 2.24) is 0 Å². The second-order valence-corrected chi connectivity index (χ2v) is 6.81. The predicted molar refractivity (Wildman–Crippen MR) is 109 cm³/mol. The number of carbonyl (C=O) groups excluding carboxylic acids is 3. The van der Waals surface area contributed by atoms with E-state index in [1.165, 1.54) is 6.92 Å². The normalized spacial score (nSPS) is 13.9. The summed E-state index contributed by atoms with van der Waals surface area (Å²) in [6, 6.07) is 13.4. The third-order valence-electron chi connectivity index (χ3n) is 4.43. The van der Waals surface area contributed by atoms with Crippen molar-refractivity contribution in [2.75, 3.05) is 17.2 Å². The molecule has 1 fully saturated rings. The largest absolute Gasteiger partial charge is 0.492 e. The van der Waals surface area contributed by atoms with E-state index in [4.69, 9.17) is 9.47 Å². The van der Waals surface area contributed by atoms with Gasteiger partial charge in [-0.15, -0.1) is 0 Å². The van der Waals surface area contributed by atoms with Gasteiger partial charge in [0.1, 0.15) is 5.75 Å². The van der Waals surface area contributed by atoms with Crippen LogP contribution in [0.5, 0.6) is 5.75 Å². The molecule has 29 heavy (non-hydrogen) atoms. The summed E-state index contributed by atoms with van der Waals surface area (Å²) in [5.41, 5.74) is 1.43. The Balaban J connectivity index is 1.55. The number of nitrogens with one attached hydrogen (secondary N) is 2. The van der Waals surface area contributed by atoms with Gasteiger partial charge in [0.2, 0.25) is 5.91 Å². The second kappa shape index (κ2) is 9.23. The molecular formula is C22H24N2O5. The van der Waals surface area contributed by atoms with Gasteiger partial charge in [0.25, 0.3) is 5.91 Å². The minimum Gasteiger partial charge on any atom is -0.492 e. The molecule has 0 radical (unpaired) electrons. The Kier molecular flexibility index (Phi) is 6.49. The van der Waals surface area contributed by atoms with E-state index in [1.54, 1.807) is 48.5 Å². The Morgan fingerprint density at radius 1 is 1.03 bits per heavy atom. The van der Waals surface area contributed by atoms with Crippen molar-refractivity contribution in [2.45, 2.75) is 32.8 Å². The molecule has 2 amide bonds. The van der Waals surface area contributed by atoms with Gasteiger partial charge in [-0.1, -0.05) is 12.1 Å². The minimum absolute atomic E-state index is 0.00189. The molecule has 1 unspecified atom stereocenters. The Morgan fingerprint density at radius 2 is 1.72 bits per heavy atom. The topological polar surface area (TPSA) is 93.7 Å². The molecule has 0 aromatic heterocycles. The van der Waals surface area contributed by atoms with Gasteiger partial charge < -0.3 is 20.1 Å². The Morgan fingerprint density at radius 3 is 2.38 bits per heavy atom. The SMILES string of the molecule is CCOc1ccccc1NC(=O)C(C)OC(=O)c1ccc(NC(=O)C2CC2)cc1. The smallest absolute Gasteiger partial charge is 0.338 e. The maximum Gasteiger partial charge on any atom is 0.338 e. The van der Waals surface area contributed by atoms with Crippen LogP contribution in [0.15, 0.2) is 48.5 Å². The highest BCUT2D eigenvalue weighted by Crippen LogP contribution is 2.30. The first-order valence-corrected chi connectivity index (χ1v) is 9.62. The van der Waals surface area contributed by atoms with E-state index in [9.17, 15) is 14.4 Å². The van der Waals surface area contributed by atoms with Crippen molar-refractivity contribution in [3.05, 3.63) is 54.1 Å². The number of benzene rings is 2. The fraction of sp³-hybridized carbons (Fsp3) is 0.318. The molecule has 2 aromatic carbocycles. The van der Waals surface area contributed by atoms with E-state index in [-0.39, 0.29) is 11.8 Å². The lowest BCUT2D eigenvalue weighted by Crippen LogP contribution is -2.30. The highest BCUT2D eigenvalue weighted by molar-refractivity contribution is 5.98. The molecule has 2 aromatic rings. The van der Waals surface area contributed by atoms with Gasteiger partial charge in [0.05, 0.1) is 17.9 Å². The van der Waals surface area contributed by atoms with E-state index in [0.717, 1.165) is 12.8 Å². The monoisotopic (exact) mass is 396 g/mol. The average molecular weight is 396 g/mol. The number of hydrogen-bond donors (Lipinski definition) is 2. The lowest BCUT2D eigenvalue weighted by molar-refractivity contribution is -0.123. The van der Waals surface area contributed by atoms with Crippen LogP contribution in [0.2, 0.25) is 0 Å². The number of carbonyl (C=O) groups is 3. The van der Waals surface area contributed by atoms with Crippen LogP contribution >= 0.6 is 0 Å². The zero-order valence-corrected chi connectivity index (χ0v) is 16.4. The van der Waals surface area contributed by atoms with Crippen LogP contribution < -0.4 is 15.4 Å². The first-order valence-electron chi connectivity index (χ1n) is 9.62. The molecule has 0 aliphatic heterocycles. The molecule has 3 rings (SSSR count). The Bertz CT molecular complexity index is 890. The fourth-order valence-electron chi connectivity index (χ4n) is 2.65. The molecule has 7 nitrogen and oxygen atoms in total. The van der Waals surface area contributed by atoms with Crippen molar-refractivity contribution in [1.29, 1.82) is 0 Å². The number of ether oxygens (including phenoxy) is 2. The molecule has 1 atom stereocenters. The average Bonchev–Trinajstić information content (AvgIpc) is 3.55. The quantitative estimate of drug-likeness (QED) is 0.665. The van der Waals surface area contributed by atoms with Gasteiger partial charge in [-0.25, -0.2) is 4.79 Å². The van der Waals surface area contributed by atoms with Crippen LogP contribution in [0.4, 0.5) is 11.4 Å². The molecule has 0 heterocycles. The molecule has 152 valence electrons. The zero-order valence-electron chi connectivity index (χ0n) is 16.4. The maximum absolute atomic E-state index is 12.4. The standard InChI is InChI=1S/C22H24N2O5/c1-3-28-19-7-5-4-6-18(19)24-20(25)14(2)29-22(27)16-10-12-17(13-11-16)23-21(26)15-8-9-15/h4-7,10-15H,3,8-9H2,1-2H3,(H,23,26)(H,24,25). The molecule has 1 aliphatic carbocycles. The van der Waals surface area contributed by atoms with Gasteiger partial charge in [-0.05, 0) is 63.1 Å². The van der Waals surface area contributed by atoms with Gasteiger partial charge in [-0.3, -0.25) is 9.59 Å². The summed E-state index contributed by atoms with van der Waals surface area (Å²) in [5, 5.41) is 5.52. The molecule has 1 aliphatic rings. The van der Waals surface area contributed by atoms with Crippen molar-refractivity contribution < 1.29 is 23.9 Å². The van der Waals surface area contributed by atoms with Crippen LogP contribution in [0.1, 0.15) is 37.0 Å². The summed E-state index contributed by atoms with van der Waals surface area (Å²) in [5.74, 6) is -0.430. The summed E-state index contributed by atoms with van der Waals surface area (Å²) in [4.78, 5) is 36.5. The van der Waals surface area contributed by atoms with E-state index in [1.807, 2.05) is 6.92 Å². The summed E-state index contributed by atoms with van der Waals surface area (Å²) < 4.78 is 10.7. The van der Waals surface area contributed by atoms with E-state index >= 15 is 0 Å². The van der Waals surface area contributed by atoms with Crippen LogP contribution in [-0.4, -0.2) is 30.5 Å². The first kappa shape index (κ1) is 20.4. The molecule has 0 saturated heterocycles. The summed E-state index contributed by atoms with van der Waals surface area (Å²) in [6.07, 6.45) is 0.850. The van der Waals surface area contributed by atoms with Crippen LogP contribution in [0.25, 0.3) is 0 Å². The summed E-state index contributed by atoms with van der Waals surface area (Å²) in [6.45, 7) is 3.82. The highest BCUT2D eigenvalue weighted by Gasteiger charge is 2.29. The summed E-state index contributed by atoms with van der Waals surface area (Å²) in [7, 11) is 0. The van der Waals surface area contributed by atoms with Crippen molar-refractivity contribution in [2.24, 2.45) is 5.92 Å². The van der Waals surface area contributed by atoms with Gasteiger partial charge in [-0.2, -0.15) is 0 Å². The Hall–Kier alpha value is -3.35. The van der Waals surface area contributed by atoms with E-state index in [0.29, 0.717) is 29.3 Å². The molecule has 2 N–H and O–H groups in total. The summed E-state index contributed by atoms with van der Waals surface area (Å²) >= 11 is 0. The van der Waals surface area contributed by atoms with Crippen LogP contribution in [-0.2, 0) is 14.3 Å². The molecule has 7 heteroatoms. The van der Waals surface area contributed by atoms with Crippen molar-refractivity contribution in [3.8, 4) is 5.75 Å². The van der Waals surface area contributed by atoms with Crippen LogP contribution in [0.3, 0.4) is 0 Å². The predicted octanol–water partition coefficient (Wildman–Crippen LogP) is 3.62. The van der Waals surface area contributed by atoms with Gasteiger partial charge in [0.15, 0.2) is 6.10 Å².